The van der Waals surface area contributed by atoms with Crippen molar-refractivity contribution in [2.75, 3.05) is 11.9 Å². The molecule has 0 fully saturated rings. The zero-order valence-corrected chi connectivity index (χ0v) is 10.7. The van der Waals surface area contributed by atoms with E-state index in [1.165, 1.54) is 0 Å². The summed E-state index contributed by atoms with van der Waals surface area (Å²) in [5.74, 6) is 0. The van der Waals surface area contributed by atoms with Crippen LogP contribution in [-0.4, -0.2) is 12.7 Å². The predicted molar refractivity (Wildman–Crippen MR) is 62.8 cm³/mol. The third-order valence-corrected chi connectivity index (χ3v) is 3.42. The van der Waals surface area contributed by atoms with Crippen LogP contribution in [-0.2, 0) is 0 Å². The molecule has 0 bridgehead atoms. The van der Waals surface area contributed by atoms with Gasteiger partial charge in [0.25, 0.3) is 0 Å². The fourth-order valence-corrected chi connectivity index (χ4v) is 1.63. The van der Waals surface area contributed by atoms with Crippen molar-refractivity contribution in [3.63, 3.8) is 0 Å². The number of benzene rings is 1. The van der Waals surface area contributed by atoms with E-state index in [9.17, 15) is 13.2 Å². The van der Waals surface area contributed by atoms with Gasteiger partial charge in [-0.25, -0.2) is 0 Å². The summed E-state index contributed by atoms with van der Waals surface area (Å²) in [6.45, 7) is 3.72. The summed E-state index contributed by atoms with van der Waals surface area (Å²) >= 11 is 3.41. The third kappa shape index (κ3) is 4.04. The van der Waals surface area contributed by atoms with Gasteiger partial charge in [0.15, 0.2) is 0 Å². The van der Waals surface area contributed by atoms with Crippen LogP contribution in [0.25, 0.3) is 0 Å². The molecule has 0 atom stereocenters. The van der Waals surface area contributed by atoms with Gasteiger partial charge in [-0.2, -0.15) is 13.2 Å². The number of anilines is 1. The van der Waals surface area contributed by atoms with Crippen LogP contribution in [0.15, 0.2) is 16.6 Å². The van der Waals surface area contributed by atoms with Crippen molar-refractivity contribution < 1.29 is 13.2 Å². The Labute approximate surface area is 101 Å². The second-order valence-corrected chi connectivity index (χ2v) is 4.51. The van der Waals surface area contributed by atoms with Crippen LogP contribution < -0.4 is 5.32 Å². The third-order valence-electron chi connectivity index (χ3n) is 2.17. The Morgan fingerprint density at radius 3 is 2.12 bits per heavy atom. The molecule has 0 unspecified atom stereocenters. The number of aryl methyl sites for hydroxylation is 2. The Hall–Kier alpha value is -0.710. The molecule has 0 radical (unpaired) electrons. The molecule has 0 spiro atoms. The first-order valence-corrected chi connectivity index (χ1v) is 5.66. The lowest BCUT2D eigenvalue weighted by Crippen LogP contribution is -2.14. The van der Waals surface area contributed by atoms with Gasteiger partial charge in [0.05, 0.1) is 6.42 Å². The van der Waals surface area contributed by atoms with E-state index in [1.54, 1.807) is 0 Å². The molecule has 5 heteroatoms. The highest BCUT2D eigenvalue weighted by atomic mass is 79.9. The molecule has 0 heterocycles. The van der Waals surface area contributed by atoms with E-state index in [2.05, 4.69) is 21.2 Å². The lowest BCUT2D eigenvalue weighted by atomic mass is 10.1. The first-order chi connectivity index (χ1) is 7.29. The van der Waals surface area contributed by atoms with Gasteiger partial charge < -0.3 is 5.32 Å². The van der Waals surface area contributed by atoms with Crippen LogP contribution in [0.5, 0.6) is 0 Å². The molecule has 1 aromatic carbocycles. The monoisotopic (exact) mass is 295 g/mol. The Balaban J connectivity index is 2.62. The zero-order chi connectivity index (χ0) is 12.3. The molecule has 1 rings (SSSR count). The highest BCUT2D eigenvalue weighted by Gasteiger charge is 2.26. The lowest BCUT2D eigenvalue weighted by Gasteiger charge is -2.11. The molecule has 0 saturated heterocycles. The fraction of sp³-hybridized carbons (Fsp3) is 0.455. The van der Waals surface area contributed by atoms with Crippen molar-refractivity contribution in [3.05, 3.63) is 27.7 Å². The number of hydrogen-bond donors (Lipinski definition) is 1. The maximum Gasteiger partial charge on any atom is 0.390 e. The quantitative estimate of drug-likeness (QED) is 0.870. The second kappa shape index (κ2) is 5.08. The van der Waals surface area contributed by atoms with Crippen molar-refractivity contribution in [2.24, 2.45) is 0 Å². The number of hydrogen-bond acceptors (Lipinski definition) is 1. The van der Waals surface area contributed by atoms with Crippen LogP contribution in [0.3, 0.4) is 0 Å². The molecule has 0 aliphatic heterocycles. The van der Waals surface area contributed by atoms with E-state index in [0.29, 0.717) is 0 Å². The highest BCUT2D eigenvalue weighted by molar-refractivity contribution is 9.10. The van der Waals surface area contributed by atoms with Gasteiger partial charge in [0.1, 0.15) is 0 Å². The summed E-state index contributed by atoms with van der Waals surface area (Å²) in [5, 5.41) is 2.77. The summed E-state index contributed by atoms with van der Waals surface area (Å²) in [4.78, 5) is 0. The van der Waals surface area contributed by atoms with E-state index < -0.39 is 12.6 Å². The predicted octanol–water partition coefficient (Wildman–Crippen LogP) is 4.43. The smallest absolute Gasteiger partial charge is 0.385 e. The Bertz CT molecular complexity index is 351. The van der Waals surface area contributed by atoms with Crippen molar-refractivity contribution in [3.8, 4) is 0 Å². The van der Waals surface area contributed by atoms with Gasteiger partial charge >= 0.3 is 6.18 Å². The Morgan fingerprint density at radius 1 is 1.19 bits per heavy atom. The largest absolute Gasteiger partial charge is 0.390 e. The second-order valence-electron chi connectivity index (χ2n) is 3.72. The number of nitrogens with one attached hydrogen (secondary N) is 1. The summed E-state index contributed by atoms with van der Waals surface area (Å²) in [6.07, 6.45) is -4.92. The molecule has 1 aromatic rings. The molecular formula is C11H13BrF3N. The highest BCUT2D eigenvalue weighted by Crippen LogP contribution is 2.25. The molecule has 0 aromatic heterocycles. The summed E-state index contributed by atoms with van der Waals surface area (Å²) < 4.78 is 36.8. The van der Waals surface area contributed by atoms with Gasteiger partial charge in [0, 0.05) is 16.7 Å². The van der Waals surface area contributed by atoms with Crippen molar-refractivity contribution in [1.82, 2.24) is 0 Å². The van der Waals surface area contributed by atoms with Gasteiger partial charge in [0.2, 0.25) is 0 Å². The van der Waals surface area contributed by atoms with Crippen molar-refractivity contribution in [1.29, 1.82) is 0 Å². The van der Waals surface area contributed by atoms with Crippen LogP contribution in [0.1, 0.15) is 17.5 Å². The number of alkyl halides is 3. The first-order valence-electron chi connectivity index (χ1n) is 4.87. The van der Waals surface area contributed by atoms with Gasteiger partial charge in [-0.3, -0.25) is 0 Å². The maximum absolute atomic E-state index is 11.9. The van der Waals surface area contributed by atoms with Crippen LogP contribution in [0.2, 0.25) is 0 Å². The number of halogens is 4. The molecule has 0 amide bonds. The van der Waals surface area contributed by atoms with E-state index >= 15 is 0 Å². The van der Waals surface area contributed by atoms with Crippen LogP contribution in [0.4, 0.5) is 18.9 Å². The van der Waals surface area contributed by atoms with Crippen molar-refractivity contribution >= 4 is 21.6 Å². The summed E-state index contributed by atoms with van der Waals surface area (Å²) in [6, 6.07) is 3.65. The molecule has 16 heavy (non-hydrogen) atoms. The van der Waals surface area contributed by atoms with Crippen LogP contribution >= 0.6 is 15.9 Å². The maximum atomic E-state index is 11.9. The van der Waals surface area contributed by atoms with E-state index in [1.807, 2.05) is 26.0 Å². The normalized spacial score (nSPS) is 11.6. The van der Waals surface area contributed by atoms with Crippen LogP contribution in [0, 0.1) is 13.8 Å². The van der Waals surface area contributed by atoms with E-state index in [0.717, 1.165) is 21.3 Å². The van der Waals surface area contributed by atoms with Gasteiger partial charge in [-0.05, 0) is 37.1 Å². The standard InChI is InChI=1S/C11H13BrF3N/c1-7-5-9(6-8(2)10(7)12)16-4-3-11(13,14)15/h5-6,16H,3-4H2,1-2H3. The van der Waals surface area contributed by atoms with Crippen molar-refractivity contribution in [2.45, 2.75) is 26.4 Å². The summed E-state index contributed by atoms with van der Waals surface area (Å²) in [7, 11) is 0. The van der Waals surface area contributed by atoms with Gasteiger partial charge in [-0.15, -0.1) is 0 Å². The average Bonchev–Trinajstić information content (AvgIpc) is 2.12. The molecule has 90 valence electrons. The average molecular weight is 296 g/mol. The minimum atomic E-state index is -4.10. The molecule has 0 aliphatic rings. The zero-order valence-electron chi connectivity index (χ0n) is 9.08. The Kier molecular flexibility index (Phi) is 4.24. The lowest BCUT2D eigenvalue weighted by molar-refractivity contribution is -0.131. The molecule has 1 nitrogen and oxygen atoms in total. The van der Waals surface area contributed by atoms with E-state index in [4.69, 9.17) is 0 Å². The summed E-state index contributed by atoms with van der Waals surface area (Å²) in [5.41, 5.74) is 2.74. The Morgan fingerprint density at radius 2 is 1.69 bits per heavy atom. The first kappa shape index (κ1) is 13.4. The topological polar surface area (TPSA) is 12.0 Å². The molecule has 0 saturated carbocycles. The fourth-order valence-electron chi connectivity index (χ4n) is 1.40. The SMILES string of the molecule is Cc1cc(NCCC(F)(F)F)cc(C)c1Br. The van der Waals surface area contributed by atoms with E-state index in [-0.39, 0.29) is 6.54 Å². The molecule has 1 N–H and O–H groups in total. The minimum absolute atomic E-state index is 0.0932. The van der Waals surface area contributed by atoms with Gasteiger partial charge in [-0.1, -0.05) is 15.9 Å². The molecule has 0 aliphatic carbocycles. The minimum Gasteiger partial charge on any atom is -0.385 e. The number of rotatable bonds is 3. The molecular weight excluding hydrogens is 283 g/mol.